The summed E-state index contributed by atoms with van der Waals surface area (Å²) in [4.78, 5) is 14.1. The van der Waals surface area contributed by atoms with Crippen molar-refractivity contribution in [2.75, 3.05) is 11.4 Å². The topological polar surface area (TPSA) is 38.1 Å². The molecule has 0 radical (unpaired) electrons. The van der Waals surface area contributed by atoms with E-state index in [1.54, 1.807) is 16.9 Å². The molecule has 0 unspecified atom stereocenters. The van der Waals surface area contributed by atoms with Crippen molar-refractivity contribution in [1.29, 1.82) is 0 Å². The van der Waals surface area contributed by atoms with Gasteiger partial charge in [-0.2, -0.15) is 18.3 Å². The summed E-state index contributed by atoms with van der Waals surface area (Å²) >= 11 is 0. The van der Waals surface area contributed by atoms with Crippen molar-refractivity contribution in [3.05, 3.63) is 47.3 Å². The first-order valence-corrected chi connectivity index (χ1v) is 8.45. The molecular formula is C18H18F3N3O. The number of rotatable bonds is 3. The lowest BCUT2D eigenvalue weighted by molar-refractivity contribution is -0.138. The van der Waals surface area contributed by atoms with Crippen molar-refractivity contribution in [3.8, 4) is 0 Å². The van der Waals surface area contributed by atoms with Crippen molar-refractivity contribution in [2.24, 2.45) is 0 Å². The Hall–Kier alpha value is -2.31. The number of aromatic nitrogens is 2. The highest BCUT2D eigenvalue weighted by atomic mass is 19.4. The minimum Gasteiger partial charge on any atom is -0.311 e. The van der Waals surface area contributed by atoms with Gasteiger partial charge in [0.15, 0.2) is 0 Å². The monoisotopic (exact) mass is 349 g/mol. The number of fused-ring (bicyclic) bond motifs is 1. The summed E-state index contributed by atoms with van der Waals surface area (Å²) in [5, 5.41) is 4.21. The number of anilines is 1. The van der Waals surface area contributed by atoms with Crippen LogP contribution >= 0.6 is 0 Å². The summed E-state index contributed by atoms with van der Waals surface area (Å²) in [6, 6.07) is 4.05. The quantitative estimate of drug-likeness (QED) is 0.846. The van der Waals surface area contributed by atoms with E-state index in [4.69, 9.17) is 0 Å². The van der Waals surface area contributed by atoms with Gasteiger partial charge in [0.2, 0.25) is 5.91 Å². The molecule has 1 aromatic carbocycles. The molecule has 1 fully saturated rings. The fourth-order valence-electron chi connectivity index (χ4n) is 3.47. The Morgan fingerprint density at radius 3 is 2.80 bits per heavy atom. The van der Waals surface area contributed by atoms with Gasteiger partial charge in [-0.15, -0.1) is 0 Å². The first kappa shape index (κ1) is 16.2. The summed E-state index contributed by atoms with van der Waals surface area (Å²) in [5.41, 5.74) is 1.08. The number of hydrogen-bond acceptors (Lipinski definition) is 2. The number of hydrogen-bond donors (Lipinski definition) is 0. The van der Waals surface area contributed by atoms with Gasteiger partial charge in [-0.25, -0.2) is 0 Å². The molecule has 4 rings (SSSR count). The molecule has 25 heavy (non-hydrogen) atoms. The molecular weight excluding hydrogens is 331 g/mol. The van der Waals surface area contributed by atoms with Crippen molar-refractivity contribution >= 4 is 11.6 Å². The molecule has 132 valence electrons. The molecule has 0 atom stereocenters. The van der Waals surface area contributed by atoms with E-state index in [9.17, 15) is 18.0 Å². The molecule has 0 spiro atoms. The van der Waals surface area contributed by atoms with Crippen LogP contribution in [-0.4, -0.2) is 22.2 Å². The Bertz CT molecular complexity index is 808. The Balaban J connectivity index is 1.58. The maximum absolute atomic E-state index is 13.2. The molecule has 0 bridgehead atoms. The summed E-state index contributed by atoms with van der Waals surface area (Å²) in [7, 11) is 0. The van der Waals surface area contributed by atoms with E-state index in [1.807, 2.05) is 6.20 Å². The number of carbonyl (C=O) groups is 1. The van der Waals surface area contributed by atoms with Crippen LogP contribution in [0.3, 0.4) is 0 Å². The Labute approximate surface area is 143 Å². The third-order valence-electron chi connectivity index (χ3n) is 4.86. The highest BCUT2D eigenvalue weighted by Gasteiger charge is 2.36. The summed E-state index contributed by atoms with van der Waals surface area (Å²) in [6.45, 7) is 0.478. The lowest BCUT2D eigenvalue weighted by Crippen LogP contribution is -2.38. The molecule has 0 N–H and O–H groups in total. The number of nitrogens with zero attached hydrogens (tertiary/aromatic N) is 3. The first-order chi connectivity index (χ1) is 11.9. The number of carbonyl (C=O) groups excluding carboxylic acids is 1. The van der Waals surface area contributed by atoms with E-state index in [-0.39, 0.29) is 18.0 Å². The molecule has 7 heteroatoms. The molecule has 2 heterocycles. The van der Waals surface area contributed by atoms with E-state index in [0.717, 1.165) is 24.5 Å². The van der Waals surface area contributed by atoms with Gasteiger partial charge in [-0.1, -0.05) is 6.07 Å². The fourth-order valence-corrected chi connectivity index (χ4v) is 3.47. The molecule has 1 aromatic heterocycles. The summed E-state index contributed by atoms with van der Waals surface area (Å²) < 4.78 is 41.2. The highest BCUT2D eigenvalue weighted by Crippen LogP contribution is 2.40. The van der Waals surface area contributed by atoms with E-state index in [1.165, 1.54) is 11.0 Å². The van der Waals surface area contributed by atoms with Gasteiger partial charge in [-0.05, 0) is 54.9 Å². The van der Waals surface area contributed by atoms with Gasteiger partial charge < -0.3 is 4.90 Å². The van der Waals surface area contributed by atoms with E-state index in [2.05, 4.69) is 5.10 Å². The predicted molar refractivity (Wildman–Crippen MR) is 86.3 cm³/mol. The number of amides is 1. The molecule has 1 aliphatic carbocycles. The first-order valence-electron chi connectivity index (χ1n) is 8.45. The SMILES string of the molecule is O=C(Cn1cc(C2CC2)cn1)N1CCCc2c1cccc2C(F)(F)F. The molecule has 1 amide bonds. The molecule has 4 nitrogen and oxygen atoms in total. The highest BCUT2D eigenvalue weighted by molar-refractivity contribution is 5.94. The van der Waals surface area contributed by atoms with E-state index < -0.39 is 11.7 Å². The zero-order valence-electron chi connectivity index (χ0n) is 13.6. The minimum absolute atomic E-state index is 0.0441. The van der Waals surface area contributed by atoms with Crippen molar-refractivity contribution in [1.82, 2.24) is 9.78 Å². The lowest BCUT2D eigenvalue weighted by Gasteiger charge is -2.31. The number of halogens is 3. The zero-order valence-corrected chi connectivity index (χ0v) is 13.6. The average Bonchev–Trinajstić information content (AvgIpc) is 3.33. The van der Waals surface area contributed by atoms with E-state index in [0.29, 0.717) is 31.0 Å². The standard InChI is InChI=1S/C18H18F3N3O/c19-18(20,21)15-4-1-5-16-14(15)3-2-8-24(16)17(25)11-23-10-13(9-22-23)12-6-7-12/h1,4-5,9-10,12H,2-3,6-8,11H2. The lowest BCUT2D eigenvalue weighted by atomic mass is 9.96. The van der Waals surface area contributed by atoms with Crippen LogP contribution < -0.4 is 4.90 Å². The number of alkyl halides is 3. The maximum Gasteiger partial charge on any atom is 0.416 e. The van der Waals surface area contributed by atoms with Crippen molar-refractivity contribution in [3.63, 3.8) is 0 Å². The van der Waals surface area contributed by atoms with Crippen LogP contribution in [0.15, 0.2) is 30.6 Å². The predicted octanol–water partition coefficient (Wildman–Crippen LogP) is 3.76. The third kappa shape index (κ3) is 3.15. The second kappa shape index (κ2) is 5.89. The Morgan fingerprint density at radius 1 is 1.28 bits per heavy atom. The fraction of sp³-hybridized carbons (Fsp3) is 0.444. The van der Waals surface area contributed by atoms with Gasteiger partial charge in [0.1, 0.15) is 6.54 Å². The van der Waals surface area contributed by atoms with Gasteiger partial charge in [0, 0.05) is 18.4 Å². The average molecular weight is 349 g/mol. The van der Waals surface area contributed by atoms with Crippen molar-refractivity contribution < 1.29 is 18.0 Å². The van der Waals surface area contributed by atoms with Crippen LogP contribution in [0.2, 0.25) is 0 Å². The van der Waals surface area contributed by atoms with Gasteiger partial charge in [-0.3, -0.25) is 9.48 Å². The van der Waals surface area contributed by atoms with Crippen LogP contribution in [0.4, 0.5) is 18.9 Å². The summed E-state index contributed by atoms with van der Waals surface area (Å²) in [6.07, 6.45) is 2.40. The van der Waals surface area contributed by atoms with Crippen LogP contribution in [0.5, 0.6) is 0 Å². The van der Waals surface area contributed by atoms with Crippen LogP contribution in [-0.2, 0) is 23.9 Å². The third-order valence-corrected chi connectivity index (χ3v) is 4.86. The van der Waals surface area contributed by atoms with Gasteiger partial charge in [0.25, 0.3) is 0 Å². The molecule has 1 saturated carbocycles. The molecule has 2 aromatic rings. The van der Waals surface area contributed by atoms with Gasteiger partial charge >= 0.3 is 6.18 Å². The van der Waals surface area contributed by atoms with Crippen LogP contribution in [0.1, 0.15) is 41.9 Å². The molecule has 0 saturated heterocycles. The van der Waals surface area contributed by atoms with Crippen molar-refractivity contribution in [2.45, 2.75) is 44.3 Å². The Kier molecular flexibility index (Phi) is 3.81. The molecule has 2 aliphatic rings. The Morgan fingerprint density at radius 2 is 2.08 bits per heavy atom. The maximum atomic E-state index is 13.2. The normalized spacial score (nSPS) is 17.5. The zero-order chi connectivity index (χ0) is 17.6. The largest absolute Gasteiger partial charge is 0.416 e. The van der Waals surface area contributed by atoms with Crippen LogP contribution in [0.25, 0.3) is 0 Å². The second-order valence-electron chi connectivity index (χ2n) is 6.70. The smallest absolute Gasteiger partial charge is 0.311 e. The second-order valence-corrected chi connectivity index (χ2v) is 6.70. The summed E-state index contributed by atoms with van der Waals surface area (Å²) in [5.74, 6) is 0.319. The number of benzene rings is 1. The minimum atomic E-state index is -4.40. The molecule has 1 aliphatic heterocycles. The van der Waals surface area contributed by atoms with Crippen LogP contribution in [0, 0.1) is 0 Å². The van der Waals surface area contributed by atoms with E-state index >= 15 is 0 Å². The van der Waals surface area contributed by atoms with Gasteiger partial charge in [0.05, 0.1) is 11.8 Å².